The van der Waals surface area contributed by atoms with Crippen molar-refractivity contribution in [2.24, 2.45) is 5.92 Å². The SMILES string of the molecule is O=C(Cc1ncc2ccc(-c3cnco3)cc2n1)C1CC1. The number of carbonyl (C=O) groups excluding carboxylic acids is 1. The molecule has 0 spiro atoms. The minimum Gasteiger partial charge on any atom is -0.444 e. The highest BCUT2D eigenvalue weighted by Gasteiger charge is 2.29. The van der Waals surface area contributed by atoms with Crippen molar-refractivity contribution in [3.05, 3.63) is 42.8 Å². The Balaban J connectivity index is 1.69. The van der Waals surface area contributed by atoms with Crippen molar-refractivity contribution >= 4 is 16.7 Å². The Morgan fingerprint density at radius 1 is 1.29 bits per heavy atom. The second-order valence-corrected chi connectivity index (χ2v) is 5.34. The second-order valence-electron chi connectivity index (χ2n) is 5.34. The van der Waals surface area contributed by atoms with Crippen LogP contribution in [0.2, 0.25) is 0 Å². The van der Waals surface area contributed by atoms with Crippen molar-refractivity contribution in [1.29, 1.82) is 0 Å². The van der Waals surface area contributed by atoms with Crippen molar-refractivity contribution in [1.82, 2.24) is 15.0 Å². The highest BCUT2D eigenvalue weighted by atomic mass is 16.3. The summed E-state index contributed by atoms with van der Waals surface area (Å²) < 4.78 is 5.29. The van der Waals surface area contributed by atoms with Crippen LogP contribution in [0, 0.1) is 5.92 Å². The lowest BCUT2D eigenvalue weighted by Crippen LogP contribution is -2.08. The van der Waals surface area contributed by atoms with Crippen molar-refractivity contribution in [3.63, 3.8) is 0 Å². The molecular weight excluding hydrogens is 266 g/mol. The number of nitrogens with zero attached hydrogens (tertiary/aromatic N) is 3. The molecule has 1 aliphatic carbocycles. The van der Waals surface area contributed by atoms with Crippen molar-refractivity contribution in [2.45, 2.75) is 19.3 Å². The summed E-state index contributed by atoms with van der Waals surface area (Å²) in [6, 6.07) is 5.82. The van der Waals surface area contributed by atoms with Gasteiger partial charge in [0.2, 0.25) is 0 Å². The Hall–Kier alpha value is -2.56. The molecule has 1 aliphatic rings. The molecule has 4 rings (SSSR count). The Morgan fingerprint density at radius 3 is 2.95 bits per heavy atom. The summed E-state index contributed by atoms with van der Waals surface area (Å²) in [7, 11) is 0. The molecule has 104 valence electrons. The zero-order chi connectivity index (χ0) is 14.2. The molecule has 2 heterocycles. The van der Waals surface area contributed by atoms with Gasteiger partial charge in [-0.3, -0.25) is 4.79 Å². The van der Waals surface area contributed by atoms with Crippen LogP contribution >= 0.6 is 0 Å². The number of oxazole rings is 1. The Labute approximate surface area is 121 Å². The standard InChI is InChI=1S/C16H13N3O2/c20-14(10-1-2-10)6-16-18-7-12-4-3-11(5-13(12)19-16)15-8-17-9-21-15/h3-5,7-10H,1-2,6H2. The molecule has 0 aliphatic heterocycles. The molecule has 5 nitrogen and oxygen atoms in total. The van der Waals surface area contributed by atoms with E-state index in [9.17, 15) is 4.79 Å². The summed E-state index contributed by atoms with van der Waals surface area (Å²) in [5.74, 6) is 1.78. The molecule has 1 aromatic carbocycles. The first-order valence-corrected chi connectivity index (χ1v) is 6.97. The lowest BCUT2D eigenvalue weighted by Gasteiger charge is -2.03. The predicted octanol–water partition coefficient (Wildman–Crippen LogP) is 2.81. The molecule has 0 atom stereocenters. The maximum Gasteiger partial charge on any atom is 0.181 e. The van der Waals surface area contributed by atoms with Gasteiger partial charge in [0.05, 0.1) is 18.1 Å². The van der Waals surface area contributed by atoms with Crippen LogP contribution in [0.1, 0.15) is 18.7 Å². The van der Waals surface area contributed by atoms with Crippen LogP contribution in [0.3, 0.4) is 0 Å². The van der Waals surface area contributed by atoms with Crippen LogP contribution in [0.25, 0.3) is 22.2 Å². The molecule has 1 saturated carbocycles. The molecule has 1 fully saturated rings. The first-order valence-electron chi connectivity index (χ1n) is 6.97. The molecule has 3 aromatic rings. The molecule has 21 heavy (non-hydrogen) atoms. The van der Waals surface area contributed by atoms with E-state index >= 15 is 0 Å². The lowest BCUT2D eigenvalue weighted by atomic mass is 10.1. The van der Waals surface area contributed by atoms with Gasteiger partial charge in [-0.15, -0.1) is 0 Å². The van der Waals surface area contributed by atoms with E-state index in [1.54, 1.807) is 12.4 Å². The molecule has 5 heteroatoms. The van der Waals surface area contributed by atoms with Crippen LogP contribution in [0.5, 0.6) is 0 Å². The molecule has 2 aromatic heterocycles. The number of rotatable bonds is 4. The number of carbonyl (C=O) groups is 1. The van der Waals surface area contributed by atoms with E-state index in [0.29, 0.717) is 18.0 Å². The molecule has 0 unspecified atom stereocenters. The minimum atomic E-state index is 0.241. The van der Waals surface area contributed by atoms with Gasteiger partial charge in [0, 0.05) is 23.1 Å². The van der Waals surface area contributed by atoms with Crippen molar-refractivity contribution in [2.75, 3.05) is 0 Å². The van der Waals surface area contributed by atoms with E-state index in [0.717, 1.165) is 29.3 Å². The molecular formula is C16H13N3O2. The fourth-order valence-electron chi connectivity index (χ4n) is 2.36. The molecule has 0 amide bonds. The average Bonchev–Trinajstić information content (AvgIpc) is 3.22. The minimum absolute atomic E-state index is 0.241. The predicted molar refractivity (Wildman–Crippen MR) is 76.5 cm³/mol. The quantitative estimate of drug-likeness (QED) is 0.734. The summed E-state index contributed by atoms with van der Waals surface area (Å²) in [6.45, 7) is 0. The summed E-state index contributed by atoms with van der Waals surface area (Å²) in [5.41, 5.74) is 1.73. The molecule has 0 radical (unpaired) electrons. The summed E-state index contributed by atoms with van der Waals surface area (Å²) in [4.78, 5) is 24.6. The van der Waals surface area contributed by atoms with Crippen molar-refractivity contribution < 1.29 is 9.21 Å². The lowest BCUT2D eigenvalue weighted by molar-refractivity contribution is -0.119. The monoisotopic (exact) mass is 279 g/mol. The zero-order valence-electron chi connectivity index (χ0n) is 11.3. The zero-order valence-corrected chi connectivity index (χ0v) is 11.3. The van der Waals surface area contributed by atoms with Crippen LogP contribution in [-0.2, 0) is 11.2 Å². The van der Waals surface area contributed by atoms with E-state index in [1.807, 2.05) is 18.2 Å². The normalized spacial score (nSPS) is 14.5. The van der Waals surface area contributed by atoms with E-state index in [2.05, 4.69) is 15.0 Å². The molecule has 0 bridgehead atoms. The Bertz CT molecular complexity index is 808. The fraction of sp³-hybridized carbons (Fsp3) is 0.250. The topological polar surface area (TPSA) is 68.9 Å². The van der Waals surface area contributed by atoms with E-state index in [1.165, 1.54) is 6.39 Å². The fourth-order valence-corrected chi connectivity index (χ4v) is 2.36. The number of fused-ring (bicyclic) bond motifs is 1. The number of benzene rings is 1. The number of ketones is 1. The highest BCUT2D eigenvalue weighted by Crippen LogP contribution is 2.30. The molecule has 0 N–H and O–H groups in total. The average molecular weight is 279 g/mol. The largest absolute Gasteiger partial charge is 0.444 e. The maximum absolute atomic E-state index is 11.9. The van der Waals surface area contributed by atoms with Gasteiger partial charge in [-0.1, -0.05) is 12.1 Å². The van der Waals surface area contributed by atoms with Gasteiger partial charge in [-0.25, -0.2) is 15.0 Å². The van der Waals surface area contributed by atoms with Crippen LogP contribution < -0.4 is 0 Å². The van der Waals surface area contributed by atoms with Gasteiger partial charge < -0.3 is 4.42 Å². The highest BCUT2D eigenvalue weighted by molar-refractivity contribution is 5.86. The second kappa shape index (κ2) is 4.77. The van der Waals surface area contributed by atoms with Gasteiger partial charge in [0.15, 0.2) is 12.2 Å². The first-order chi connectivity index (χ1) is 10.3. The smallest absolute Gasteiger partial charge is 0.181 e. The first kappa shape index (κ1) is 12.2. The summed E-state index contributed by atoms with van der Waals surface area (Å²) in [6.07, 6.45) is 7.19. The number of hydrogen-bond acceptors (Lipinski definition) is 5. The summed E-state index contributed by atoms with van der Waals surface area (Å²) in [5, 5.41) is 0.945. The third-order valence-corrected chi connectivity index (χ3v) is 3.71. The van der Waals surface area contributed by atoms with E-state index < -0.39 is 0 Å². The Morgan fingerprint density at radius 2 is 2.19 bits per heavy atom. The maximum atomic E-state index is 11.9. The van der Waals surface area contributed by atoms with Gasteiger partial charge in [0.1, 0.15) is 11.6 Å². The number of hydrogen-bond donors (Lipinski definition) is 0. The van der Waals surface area contributed by atoms with Gasteiger partial charge in [0.25, 0.3) is 0 Å². The molecule has 0 saturated heterocycles. The van der Waals surface area contributed by atoms with Gasteiger partial charge in [-0.2, -0.15) is 0 Å². The number of Topliss-reactive ketones (excluding diaryl/α,β-unsaturated/α-hetero) is 1. The van der Waals surface area contributed by atoms with Gasteiger partial charge >= 0.3 is 0 Å². The van der Waals surface area contributed by atoms with Crippen LogP contribution in [0.4, 0.5) is 0 Å². The Kier molecular flexibility index (Phi) is 2.77. The van der Waals surface area contributed by atoms with Gasteiger partial charge in [-0.05, 0) is 18.9 Å². The third-order valence-electron chi connectivity index (χ3n) is 3.71. The van der Waals surface area contributed by atoms with Crippen molar-refractivity contribution in [3.8, 4) is 11.3 Å². The van der Waals surface area contributed by atoms with E-state index in [-0.39, 0.29) is 11.7 Å². The summed E-state index contributed by atoms with van der Waals surface area (Å²) >= 11 is 0. The van der Waals surface area contributed by atoms with Crippen LogP contribution in [-0.4, -0.2) is 20.7 Å². The third kappa shape index (κ3) is 2.42. The van der Waals surface area contributed by atoms with Crippen LogP contribution in [0.15, 0.2) is 41.4 Å². The van der Waals surface area contributed by atoms with E-state index in [4.69, 9.17) is 4.42 Å². The number of aromatic nitrogens is 3.